The molecule has 0 aliphatic rings. The Bertz CT molecular complexity index is 551. The first kappa shape index (κ1) is 14.4. The highest BCUT2D eigenvalue weighted by molar-refractivity contribution is 9.10. The van der Waals surface area contributed by atoms with E-state index in [9.17, 15) is 0 Å². The molecule has 0 aromatic heterocycles. The Labute approximate surface area is 127 Å². The van der Waals surface area contributed by atoms with E-state index >= 15 is 0 Å². The van der Waals surface area contributed by atoms with Crippen molar-refractivity contribution in [3.63, 3.8) is 0 Å². The minimum atomic E-state index is -0.145. The van der Waals surface area contributed by atoms with Gasteiger partial charge in [-0.05, 0) is 54.8 Å². The van der Waals surface area contributed by atoms with Crippen LogP contribution in [0.2, 0.25) is 0 Å². The molecule has 1 atom stereocenters. The molecule has 2 rings (SSSR count). The van der Waals surface area contributed by atoms with Crippen LogP contribution in [0.15, 0.2) is 46.9 Å². The van der Waals surface area contributed by atoms with E-state index < -0.39 is 0 Å². The van der Waals surface area contributed by atoms with Crippen molar-refractivity contribution in [2.24, 2.45) is 0 Å². The molecule has 1 nitrogen and oxygen atoms in total. The van der Waals surface area contributed by atoms with Crippen LogP contribution in [-0.4, -0.2) is 6.61 Å². The minimum absolute atomic E-state index is 0.145. The Morgan fingerprint density at radius 2 is 1.84 bits per heavy atom. The van der Waals surface area contributed by atoms with Gasteiger partial charge < -0.3 is 4.74 Å². The second-order valence-corrected chi connectivity index (χ2v) is 5.72. The fourth-order valence-electron chi connectivity index (χ4n) is 1.96. The molecular formula is C16H16BrClO. The van der Waals surface area contributed by atoms with Crippen molar-refractivity contribution in [2.75, 3.05) is 6.61 Å². The molecule has 0 bridgehead atoms. The lowest BCUT2D eigenvalue weighted by Crippen LogP contribution is -1.97. The minimum Gasteiger partial charge on any atom is -0.494 e. The molecule has 0 radical (unpaired) electrons. The molecule has 0 fully saturated rings. The summed E-state index contributed by atoms with van der Waals surface area (Å²) in [6.07, 6.45) is 0. The summed E-state index contributed by atoms with van der Waals surface area (Å²) in [7, 11) is 0. The van der Waals surface area contributed by atoms with Crippen molar-refractivity contribution < 1.29 is 4.74 Å². The lowest BCUT2D eigenvalue weighted by molar-refractivity contribution is 0.340. The number of hydrogen-bond donors (Lipinski definition) is 0. The second kappa shape index (κ2) is 6.44. The summed E-state index contributed by atoms with van der Waals surface area (Å²) in [5.41, 5.74) is 3.39. The van der Waals surface area contributed by atoms with Gasteiger partial charge in [0, 0.05) is 4.47 Å². The Morgan fingerprint density at radius 1 is 1.16 bits per heavy atom. The Hall–Kier alpha value is -0.990. The van der Waals surface area contributed by atoms with Gasteiger partial charge in [0.05, 0.1) is 12.0 Å². The van der Waals surface area contributed by atoms with Crippen LogP contribution in [0, 0.1) is 6.92 Å². The average molecular weight is 340 g/mol. The molecule has 0 aliphatic heterocycles. The van der Waals surface area contributed by atoms with Gasteiger partial charge in [-0.1, -0.05) is 34.1 Å². The number of hydrogen-bond acceptors (Lipinski definition) is 1. The van der Waals surface area contributed by atoms with Crippen molar-refractivity contribution in [1.82, 2.24) is 0 Å². The number of ether oxygens (including phenoxy) is 1. The smallest absolute Gasteiger partial charge is 0.119 e. The molecular weight excluding hydrogens is 324 g/mol. The molecule has 0 heterocycles. The van der Waals surface area contributed by atoms with Gasteiger partial charge in [-0.15, -0.1) is 11.6 Å². The standard InChI is InChI=1S/C16H16BrClO/c1-3-19-14-8-5-12(6-9-14)16(18)15-10-13(17)7-4-11(15)2/h4-10,16H,3H2,1-2H3. The molecule has 0 saturated carbocycles. The number of benzene rings is 2. The first-order chi connectivity index (χ1) is 9.11. The molecule has 0 aliphatic carbocycles. The van der Waals surface area contributed by atoms with Gasteiger partial charge >= 0.3 is 0 Å². The third-order valence-electron chi connectivity index (χ3n) is 3.00. The van der Waals surface area contributed by atoms with Crippen LogP contribution in [0.1, 0.15) is 29.0 Å². The van der Waals surface area contributed by atoms with Gasteiger partial charge in [0.2, 0.25) is 0 Å². The van der Waals surface area contributed by atoms with E-state index in [2.05, 4.69) is 35.0 Å². The van der Waals surface area contributed by atoms with E-state index in [0.717, 1.165) is 21.3 Å². The van der Waals surface area contributed by atoms with E-state index in [1.807, 2.05) is 37.3 Å². The molecule has 3 heteroatoms. The predicted octanol–water partition coefficient (Wildman–Crippen LogP) is 5.48. The molecule has 0 N–H and O–H groups in total. The van der Waals surface area contributed by atoms with Crippen LogP contribution in [0.5, 0.6) is 5.75 Å². The van der Waals surface area contributed by atoms with Gasteiger partial charge in [0.1, 0.15) is 5.75 Å². The van der Waals surface area contributed by atoms with Crippen LogP contribution >= 0.6 is 27.5 Å². The van der Waals surface area contributed by atoms with Crippen LogP contribution < -0.4 is 4.74 Å². The predicted molar refractivity (Wildman–Crippen MR) is 84.2 cm³/mol. The fraction of sp³-hybridized carbons (Fsp3) is 0.250. The molecule has 19 heavy (non-hydrogen) atoms. The summed E-state index contributed by atoms with van der Waals surface area (Å²) in [6.45, 7) is 4.73. The topological polar surface area (TPSA) is 9.23 Å². The van der Waals surface area contributed by atoms with Crippen molar-refractivity contribution >= 4 is 27.5 Å². The van der Waals surface area contributed by atoms with Gasteiger partial charge in [-0.3, -0.25) is 0 Å². The third kappa shape index (κ3) is 3.52. The summed E-state index contributed by atoms with van der Waals surface area (Å²) < 4.78 is 6.48. The van der Waals surface area contributed by atoms with E-state index in [1.54, 1.807) is 0 Å². The third-order valence-corrected chi connectivity index (χ3v) is 3.98. The molecule has 0 spiro atoms. The SMILES string of the molecule is CCOc1ccc(C(Cl)c2cc(Br)ccc2C)cc1. The van der Waals surface area contributed by atoms with Gasteiger partial charge in [-0.25, -0.2) is 0 Å². The first-order valence-electron chi connectivity index (χ1n) is 6.24. The van der Waals surface area contributed by atoms with Crippen molar-refractivity contribution in [3.05, 3.63) is 63.6 Å². The number of halogens is 2. The van der Waals surface area contributed by atoms with E-state index in [4.69, 9.17) is 16.3 Å². The highest BCUT2D eigenvalue weighted by Crippen LogP contribution is 2.33. The maximum Gasteiger partial charge on any atom is 0.119 e. The normalized spacial score (nSPS) is 12.2. The molecule has 1 unspecified atom stereocenters. The Balaban J connectivity index is 2.27. The highest BCUT2D eigenvalue weighted by atomic mass is 79.9. The monoisotopic (exact) mass is 338 g/mol. The highest BCUT2D eigenvalue weighted by Gasteiger charge is 2.13. The average Bonchev–Trinajstić information content (AvgIpc) is 2.42. The second-order valence-electron chi connectivity index (χ2n) is 4.37. The lowest BCUT2D eigenvalue weighted by atomic mass is 10.00. The number of aryl methyl sites for hydroxylation is 1. The summed E-state index contributed by atoms with van der Waals surface area (Å²) in [6, 6.07) is 14.1. The van der Waals surface area contributed by atoms with Gasteiger partial charge in [-0.2, -0.15) is 0 Å². The molecule has 0 saturated heterocycles. The summed E-state index contributed by atoms with van der Waals surface area (Å²) in [4.78, 5) is 0. The largest absolute Gasteiger partial charge is 0.494 e. The molecule has 0 amide bonds. The van der Waals surface area contributed by atoms with E-state index in [1.165, 1.54) is 5.56 Å². The summed E-state index contributed by atoms with van der Waals surface area (Å²) >= 11 is 10.1. The van der Waals surface area contributed by atoms with Crippen molar-refractivity contribution in [2.45, 2.75) is 19.2 Å². The summed E-state index contributed by atoms with van der Waals surface area (Å²) in [5.74, 6) is 0.876. The Kier molecular flexibility index (Phi) is 4.89. The fourth-order valence-corrected chi connectivity index (χ4v) is 2.72. The molecule has 2 aromatic carbocycles. The van der Waals surface area contributed by atoms with Crippen molar-refractivity contribution in [1.29, 1.82) is 0 Å². The number of rotatable bonds is 4. The van der Waals surface area contributed by atoms with Gasteiger partial charge in [0.15, 0.2) is 0 Å². The van der Waals surface area contributed by atoms with E-state index in [0.29, 0.717) is 6.61 Å². The van der Waals surface area contributed by atoms with Gasteiger partial charge in [0.25, 0.3) is 0 Å². The van der Waals surface area contributed by atoms with Crippen LogP contribution in [0.25, 0.3) is 0 Å². The zero-order valence-electron chi connectivity index (χ0n) is 11.0. The van der Waals surface area contributed by atoms with Crippen LogP contribution in [0.3, 0.4) is 0 Å². The van der Waals surface area contributed by atoms with Crippen molar-refractivity contribution in [3.8, 4) is 5.75 Å². The maximum absolute atomic E-state index is 6.58. The zero-order chi connectivity index (χ0) is 13.8. The van der Waals surface area contributed by atoms with E-state index in [-0.39, 0.29) is 5.38 Å². The maximum atomic E-state index is 6.58. The molecule has 2 aromatic rings. The number of alkyl halides is 1. The lowest BCUT2D eigenvalue weighted by Gasteiger charge is -2.14. The summed E-state index contributed by atoms with van der Waals surface area (Å²) in [5, 5.41) is -0.145. The van der Waals surface area contributed by atoms with Crippen LogP contribution in [0.4, 0.5) is 0 Å². The quantitative estimate of drug-likeness (QED) is 0.670. The Morgan fingerprint density at radius 3 is 2.47 bits per heavy atom. The molecule has 100 valence electrons. The van der Waals surface area contributed by atoms with Crippen LogP contribution in [-0.2, 0) is 0 Å². The first-order valence-corrected chi connectivity index (χ1v) is 7.47. The zero-order valence-corrected chi connectivity index (χ0v) is 13.3.